The molecule has 2 aromatic rings. The van der Waals surface area contributed by atoms with Crippen molar-refractivity contribution in [3.63, 3.8) is 0 Å². The lowest BCUT2D eigenvalue weighted by Crippen LogP contribution is -2.08. The van der Waals surface area contributed by atoms with Crippen LogP contribution in [-0.2, 0) is 0 Å². The van der Waals surface area contributed by atoms with Crippen molar-refractivity contribution >= 4 is 45.1 Å². The third kappa shape index (κ3) is 2.44. The minimum Gasteiger partial charge on any atom is -0.497 e. The Morgan fingerprint density at radius 3 is 2.76 bits per heavy atom. The van der Waals surface area contributed by atoms with Gasteiger partial charge in [-0.1, -0.05) is 6.07 Å². The minimum atomic E-state index is -1.06. The first kappa shape index (κ1) is 12.0. The fraction of sp³-hybridized carbons (Fsp3) is 0.0833. The average molecular weight is 343 g/mol. The summed E-state index contributed by atoms with van der Waals surface area (Å²) in [7, 11) is 1.62. The van der Waals surface area contributed by atoms with Crippen molar-refractivity contribution < 1.29 is 14.6 Å². The molecule has 5 heteroatoms. The molecule has 0 heterocycles. The first-order valence-corrected chi connectivity index (χ1v) is 5.96. The van der Waals surface area contributed by atoms with Gasteiger partial charge in [0, 0.05) is 3.57 Å². The monoisotopic (exact) mass is 343 g/mol. The van der Waals surface area contributed by atoms with Crippen LogP contribution < -0.4 is 10.1 Å². The van der Waals surface area contributed by atoms with Crippen molar-refractivity contribution in [1.82, 2.24) is 0 Å². The maximum atomic E-state index is 10.6. The Morgan fingerprint density at radius 2 is 2.12 bits per heavy atom. The topological polar surface area (TPSA) is 58.6 Å². The summed E-state index contributed by atoms with van der Waals surface area (Å²) >= 11 is 2.13. The highest BCUT2D eigenvalue weighted by molar-refractivity contribution is 14.1. The second-order valence-electron chi connectivity index (χ2n) is 3.44. The van der Waals surface area contributed by atoms with Crippen LogP contribution in [0.15, 0.2) is 30.3 Å². The lowest BCUT2D eigenvalue weighted by atomic mass is 10.1. The number of halogens is 1. The van der Waals surface area contributed by atoms with Crippen LogP contribution in [0.2, 0.25) is 0 Å². The number of fused-ring (bicyclic) bond motifs is 1. The molecule has 0 atom stereocenters. The molecule has 2 N–H and O–H groups in total. The lowest BCUT2D eigenvalue weighted by molar-refractivity contribution is 0.209. The average Bonchev–Trinajstić information content (AvgIpc) is 2.32. The molecule has 0 spiro atoms. The normalized spacial score (nSPS) is 10.2. The van der Waals surface area contributed by atoms with Crippen LogP contribution in [0, 0.1) is 3.57 Å². The van der Waals surface area contributed by atoms with Crippen LogP contribution in [0.4, 0.5) is 10.5 Å². The van der Waals surface area contributed by atoms with E-state index in [1.165, 1.54) is 0 Å². The zero-order valence-corrected chi connectivity index (χ0v) is 11.2. The quantitative estimate of drug-likeness (QED) is 0.820. The highest BCUT2D eigenvalue weighted by atomic mass is 127. The number of hydrogen-bond donors (Lipinski definition) is 2. The summed E-state index contributed by atoms with van der Waals surface area (Å²) in [5.41, 5.74) is 0.593. The molecule has 0 aliphatic carbocycles. The molecule has 0 aliphatic rings. The number of anilines is 1. The maximum Gasteiger partial charge on any atom is 0.409 e. The van der Waals surface area contributed by atoms with Crippen molar-refractivity contribution in [3.05, 3.63) is 33.9 Å². The number of methoxy groups -OCH3 is 1. The van der Waals surface area contributed by atoms with Crippen LogP contribution >= 0.6 is 22.6 Å². The number of carboxylic acid groups (broad SMARTS) is 1. The van der Waals surface area contributed by atoms with Gasteiger partial charge in [0.05, 0.1) is 12.8 Å². The first-order valence-electron chi connectivity index (χ1n) is 4.88. The Balaban J connectivity index is 2.56. The molecule has 0 aliphatic heterocycles. The van der Waals surface area contributed by atoms with Gasteiger partial charge in [-0.15, -0.1) is 0 Å². The van der Waals surface area contributed by atoms with Gasteiger partial charge < -0.3 is 9.84 Å². The van der Waals surface area contributed by atoms with Crippen molar-refractivity contribution in [2.75, 3.05) is 12.4 Å². The Labute approximate surface area is 112 Å². The number of nitrogens with one attached hydrogen (secondary N) is 1. The van der Waals surface area contributed by atoms with Crippen LogP contribution in [0.5, 0.6) is 5.75 Å². The number of benzene rings is 2. The Kier molecular flexibility index (Phi) is 3.37. The third-order valence-electron chi connectivity index (χ3n) is 2.40. The van der Waals surface area contributed by atoms with Gasteiger partial charge >= 0.3 is 6.09 Å². The van der Waals surface area contributed by atoms with Gasteiger partial charge in [-0.05, 0) is 57.6 Å². The second kappa shape index (κ2) is 4.79. The molecule has 2 aromatic carbocycles. The van der Waals surface area contributed by atoms with Crippen LogP contribution in [0.1, 0.15) is 0 Å². The standard InChI is InChI=1S/C12H10INO3/c1-17-8-3-4-9-7(6-8)2-5-10(11(9)13)14-12(15)16/h2-6,14H,1H3,(H,15,16). The van der Waals surface area contributed by atoms with Crippen LogP contribution in [0.3, 0.4) is 0 Å². The first-order chi connectivity index (χ1) is 8.11. The molecule has 4 nitrogen and oxygen atoms in total. The summed E-state index contributed by atoms with van der Waals surface area (Å²) in [6.07, 6.45) is -1.06. The third-order valence-corrected chi connectivity index (χ3v) is 3.57. The van der Waals surface area contributed by atoms with Gasteiger partial charge in [0.1, 0.15) is 5.75 Å². The molecule has 0 fully saturated rings. The molecule has 2 rings (SSSR count). The van der Waals surface area contributed by atoms with E-state index in [1.54, 1.807) is 13.2 Å². The molecule has 88 valence electrons. The van der Waals surface area contributed by atoms with E-state index in [-0.39, 0.29) is 0 Å². The fourth-order valence-electron chi connectivity index (χ4n) is 1.61. The van der Waals surface area contributed by atoms with E-state index >= 15 is 0 Å². The summed E-state index contributed by atoms with van der Waals surface area (Å²) in [4.78, 5) is 10.6. The SMILES string of the molecule is COc1ccc2c(I)c(NC(=O)O)ccc2c1. The van der Waals surface area contributed by atoms with E-state index < -0.39 is 6.09 Å². The molecular formula is C12H10INO3. The van der Waals surface area contributed by atoms with Gasteiger partial charge in [0.2, 0.25) is 0 Å². The summed E-state index contributed by atoms with van der Waals surface area (Å²) in [5.74, 6) is 0.784. The van der Waals surface area contributed by atoms with E-state index in [0.717, 1.165) is 20.1 Å². The molecule has 1 amide bonds. The molecule has 0 aromatic heterocycles. The molecule has 0 unspecified atom stereocenters. The summed E-state index contributed by atoms with van der Waals surface area (Å²) in [6.45, 7) is 0. The summed E-state index contributed by atoms with van der Waals surface area (Å²) in [6, 6.07) is 9.31. The van der Waals surface area contributed by atoms with Crippen molar-refractivity contribution in [2.24, 2.45) is 0 Å². The van der Waals surface area contributed by atoms with Gasteiger partial charge in [-0.25, -0.2) is 4.79 Å². The highest BCUT2D eigenvalue weighted by Gasteiger charge is 2.07. The lowest BCUT2D eigenvalue weighted by Gasteiger charge is -2.08. The zero-order valence-electron chi connectivity index (χ0n) is 9.03. The number of rotatable bonds is 2. The smallest absolute Gasteiger partial charge is 0.409 e. The highest BCUT2D eigenvalue weighted by Crippen LogP contribution is 2.30. The summed E-state index contributed by atoms with van der Waals surface area (Å²) in [5, 5.41) is 13.1. The number of ether oxygens (including phenoxy) is 1. The fourth-order valence-corrected chi connectivity index (χ4v) is 2.41. The molecule has 0 saturated heterocycles. The van der Waals surface area contributed by atoms with Crippen LogP contribution in [0.25, 0.3) is 10.8 Å². The molecular weight excluding hydrogens is 333 g/mol. The van der Waals surface area contributed by atoms with E-state index in [2.05, 4.69) is 27.9 Å². The minimum absolute atomic E-state index is 0.593. The zero-order chi connectivity index (χ0) is 12.4. The predicted molar refractivity (Wildman–Crippen MR) is 74.9 cm³/mol. The van der Waals surface area contributed by atoms with E-state index in [1.807, 2.05) is 24.3 Å². The van der Waals surface area contributed by atoms with Gasteiger partial charge in [0.15, 0.2) is 0 Å². The van der Waals surface area contributed by atoms with Gasteiger partial charge in [0.25, 0.3) is 0 Å². The predicted octanol–water partition coefficient (Wildman–Crippen LogP) is 3.54. The Bertz CT molecular complexity index is 583. The van der Waals surface area contributed by atoms with Gasteiger partial charge in [-0.3, -0.25) is 5.32 Å². The molecule has 0 radical (unpaired) electrons. The van der Waals surface area contributed by atoms with E-state index in [0.29, 0.717) is 5.69 Å². The van der Waals surface area contributed by atoms with Gasteiger partial charge in [-0.2, -0.15) is 0 Å². The van der Waals surface area contributed by atoms with Crippen molar-refractivity contribution in [2.45, 2.75) is 0 Å². The number of amides is 1. The largest absolute Gasteiger partial charge is 0.497 e. The molecule has 0 bridgehead atoms. The van der Waals surface area contributed by atoms with Crippen molar-refractivity contribution in [1.29, 1.82) is 0 Å². The van der Waals surface area contributed by atoms with Crippen LogP contribution in [-0.4, -0.2) is 18.3 Å². The molecule has 17 heavy (non-hydrogen) atoms. The second-order valence-corrected chi connectivity index (χ2v) is 4.52. The van der Waals surface area contributed by atoms with Crippen molar-refractivity contribution in [3.8, 4) is 5.75 Å². The van der Waals surface area contributed by atoms with E-state index in [9.17, 15) is 4.79 Å². The Hall–Kier alpha value is -1.50. The van der Waals surface area contributed by atoms with E-state index in [4.69, 9.17) is 9.84 Å². The number of hydrogen-bond acceptors (Lipinski definition) is 2. The maximum absolute atomic E-state index is 10.6. The Morgan fingerprint density at radius 1 is 1.35 bits per heavy atom. The summed E-state index contributed by atoms with van der Waals surface area (Å²) < 4.78 is 6.02. The number of carbonyl (C=O) groups is 1. The molecule has 0 saturated carbocycles.